The van der Waals surface area contributed by atoms with Gasteiger partial charge in [-0.1, -0.05) is 18.2 Å². The molecule has 1 amide bonds. The molecule has 0 aromatic heterocycles. The second-order valence-electron chi connectivity index (χ2n) is 6.58. The fourth-order valence-electron chi connectivity index (χ4n) is 3.58. The fourth-order valence-corrected chi connectivity index (χ4v) is 3.58. The number of ether oxygens (including phenoxy) is 1. The van der Waals surface area contributed by atoms with Gasteiger partial charge in [0.2, 0.25) is 5.91 Å². The molecule has 2 aliphatic heterocycles. The van der Waals surface area contributed by atoms with Crippen LogP contribution in [0.15, 0.2) is 42.5 Å². The number of hydrogen-bond acceptors (Lipinski definition) is 3. The Bertz CT molecular complexity index is 793. The van der Waals surface area contributed by atoms with Crippen LogP contribution in [0.25, 0.3) is 11.1 Å². The number of benzene rings is 2. The molecule has 6 heteroatoms. The van der Waals surface area contributed by atoms with Crippen LogP contribution in [0.3, 0.4) is 0 Å². The highest BCUT2D eigenvalue weighted by Gasteiger charge is 2.27. The van der Waals surface area contributed by atoms with E-state index in [1.165, 1.54) is 12.1 Å². The molecule has 26 heavy (non-hydrogen) atoms. The molecule has 0 saturated carbocycles. The minimum absolute atomic E-state index is 0. The van der Waals surface area contributed by atoms with Crippen LogP contribution in [0, 0.1) is 5.82 Å². The molecule has 0 spiro atoms. The molecule has 4 nitrogen and oxygen atoms in total. The second-order valence-corrected chi connectivity index (χ2v) is 6.58. The SMILES string of the molecule is Cl.O=C(CC1COCCN1)N1CCc2cc(-c3cccc(F)c3)ccc21. The topological polar surface area (TPSA) is 41.6 Å². The van der Waals surface area contributed by atoms with E-state index in [4.69, 9.17) is 4.74 Å². The minimum Gasteiger partial charge on any atom is -0.378 e. The maximum absolute atomic E-state index is 13.4. The van der Waals surface area contributed by atoms with Crippen LogP contribution in [-0.4, -0.2) is 38.3 Å². The number of carbonyl (C=O) groups is 1. The summed E-state index contributed by atoms with van der Waals surface area (Å²) < 4.78 is 18.9. The van der Waals surface area contributed by atoms with Gasteiger partial charge in [-0.3, -0.25) is 4.79 Å². The van der Waals surface area contributed by atoms with Gasteiger partial charge in [-0.15, -0.1) is 12.4 Å². The van der Waals surface area contributed by atoms with E-state index >= 15 is 0 Å². The molecule has 1 atom stereocenters. The lowest BCUT2D eigenvalue weighted by atomic mass is 10.0. The molecule has 0 aliphatic carbocycles. The van der Waals surface area contributed by atoms with Gasteiger partial charge >= 0.3 is 0 Å². The van der Waals surface area contributed by atoms with Gasteiger partial charge in [0.15, 0.2) is 0 Å². The van der Waals surface area contributed by atoms with Crippen LogP contribution >= 0.6 is 12.4 Å². The molecule has 2 aromatic rings. The number of nitrogens with zero attached hydrogens (tertiary/aromatic N) is 1. The van der Waals surface area contributed by atoms with Gasteiger partial charge in [0.1, 0.15) is 5.82 Å². The highest BCUT2D eigenvalue weighted by atomic mass is 35.5. The maximum atomic E-state index is 13.4. The third-order valence-corrected chi connectivity index (χ3v) is 4.85. The molecule has 1 saturated heterocycles. The lowest BCUT2D eigenvalue weighted by molar-refractivity contribution is -0.119. The zero-order chi connectivity index (χ0) is 17.2. The van der Waals surface area contributed by atoms with Crippen molar-refractivity contribution in [3.8, 4) is 11.1 Å². The maximum Gasteiger partial charge on any atom is 0.228 e. The molecule has 0 bridgehead atoms. The van der Waals surface area contributed by atoms with Crippen molar-refractivity contribution in [1.29, 1.82) is 0 Å². The number of halogens is 2. The summed E-state index contributed by atoms with van der Waals surface area (Å²) in [7, 11) is 0. The first-order valence-corrected chi connectivity index (χ1v) is 8.71. The van der Waals surface area contributed by atoms with Crippen molar-refractivity contribution in [2.24, 2.45) is 0 Å². The van der Waals surface area contributed by atoms with Crippen LogP contribution < -0.4 is 10.2 Å². The van der Waals surface area contributed by atoms with Crippen LogP contribution in [0.4, 0.5) is 10.1 Å². The van der Waals surface area contributed by atoms with Gasteiger partial charge in [-0.25, -0.2) is 4.39 Å². The largest absolute Gasteiger partial charge is 0.378 e. The summed E-state index contributed by atoms with van der Waals surface area (Å²) in [5.74, 6) is -0.114. The second kappa shape index (κ2) is 8.16. The average Bonchev–Trinajstić information content (AvgIpc) is 3.06. The Morgan fingerprint density at radius 2 is 2.08 bits per heavy atom. The van der Waals surface area contributed by atoms with E-state index in [2.05, 4.69) is 11.4 Å². The monoisotopic (exact) mass is 376 g/mol. The van der Waals surface area contributed by atoms with Crippen molar-refractivity contribution in [2.45, 2.75) is 18.9 Å². The molecule has 2 heterocycles. The summed E-state index contributed by atoms with van der Waals surface area (Å²) in [6.07, 6.45) is 1.28. The number of amides is 1. The van der Waals surface area contributed by atoms with E-state index in [1.54, 1.807) is 6.07 Å². The first-order valence-electron chi connectivity index (χ1n) is 8.71. The number of anilines is 1. The Balaban J connectivity index is 0.00000196. The summed E-state index contributed by atoms with van der Waals surface area (Å²) >= 11 is 0. The van der Waals surface area contributed by atoms with Crippen LogP contribution in [0.2, 0.25) is 0 Å². The first-order chi connectivity index (χ1) is 12.2. The van der Waals surface area contributed by atoms with Crippen LogP contribution in [0.1, 0.15) is 12.0 Å². The van der Waals surface area contributed by atoms with Gasteiger partial charge in [0.25, 0.3) is 0 Å². The predicted octanol–water partition coefficient (Wildman–Crippen LogP) is 3.18. The lowest BCUT2D eigenvalue weighted by Crippen LogP contribution is -2.45. The van der Waals surface area contributed by atoms with E-state index in [-0.39, 0.29) is 30.2 Å². The fraction of sp³-hybridized carbons (Fsp3) is 0.350. The molecule has 0 radical (unpaired) electrons. The minimum atomic E-state index is -0.239. The number of rotatable bonds is 3. The quantitative estimate of drug-likeness (QED) is 0.894. The van der Waals surface area contributed by atoms with Crippen LogP contribution in [-0.2, 0) is 16.0 Å². The number of hydrogen-bond donors (Lipinski definition) is 1. The Kier molecular flexibility index (Phi) is 5.91. The summed E-state index contributed by atoms with van der Waals surface area (Å²) in [5.41, 5.74) is 3.95. The molecular weight excluding hydrogens is 355 g/mol. The highest BCUT2D eigenvalue weighted by Crippen LogP contribution is 2.33. The van der Waals surface area contributed by atoms with E-state index in [1.807, 2.05) is 23.1 Å². The lowest BCUT2D eigenvalue weighted by Gasteiger charge is -2.26. The first kappa shape index (κ1) is 18.8. The third kappa shape index (κ3) is 3.90. The highest BCUT2D eigenvalue weighted by molar-refractivity contribution is 5.96. The number of fused-ring (bicyclic) bond motifs is 1. The molecule has 2 aromatic carbocycles. The molecule has 4 rings (SSSR count). The number of morpholine rings is 1. The van der Waals surface area contributed by atoms with Gasteiger partial charge < -0.3 is 15.0 Å². The van der Waals surface area contributed by atoms with Gasteiger partial charge in [0, 0.05) is 31.2 Å². The van der Waals surface area contributed by atoms with Gasteiger partial charge in [-0.05, 0) is 47.4 Å². The summed E-state index contributed by atoms with van der Waals surface area (Å²) in [6.45, 7) is 2.80. The van der Waals surface area contributed by atoms with Crippen molar-refractivity contribution < 1.29 is 13.9 Å². The van der Waals surface area contributed by atoms with E-state index in [0.717, 1.165) is 35.3 Å². The Labute approximate surface area is 158 Å². The molecule has 138 valence electrons. The van der Waals surface area contributed by atoms with Crippen molar-refractivity contribution >= 4 is 24.0 Å². The molecule has 1 fully saturated rings. The van der Waals surface area contributed by atoms with Crippen molar-refractivity contribution in [3.63, 3.8) is 0 Å². The predicted molar refractivity (Wildman–Crippen MR) is 102 cm³/mol. The standard InChI is InChI=1S/C20H21FN2O2.ClH/c21-17-3-1-2-14(11-17)15-4-5-19-16(10-15)6-8-23(19)20(24)12-18-13-25-9-7-22-18;/h1-5,10-11,18,22H,6-9,12-13H2;1H. The zero-order valence-corrected chi connectivity index (χ0v) is 15.2. The smallest absolute Gasteiger partial charge is 0.228 e. The van der Waals surface area contributed by atoms with Crippen molar-refractivity contribution in [3.05, 3.63) is 53.8 Å². The van der Waals surface area contributed by atoms with Crippen molar-refractivity contribution in [1.82, 2.24) is 5.32 Å². The number of carbonyl (C=O) groups excluding carboxylic acids is 1. The molecular formula is C20H22ClFN2O2. The molecule has 1 N–H and O–H groups in total. The van der Waals surface area contributed by atoms with Crippen LogP contribution in [0.5, 0.6) is 0 Å². The van der Waals surface area contributed by atoms with E-state index in [9.17, 15) is 9.18 Å². The summed E-state index contributed by atoms with van der Waals surface area (Å²) in [5, 5.41) is 3.33. The van der Waals surface area contributed by atoms with E-state index in [0.29, 0.717) is 26.2 Å². The third-order valence-electron chi connectivity index (χ3n) is 4.85. The van der Waals surface area contributed by atoms with Crippen molar-refractivity contribution in [2.75, 3.05) is 31.2 Å². The Hall–Kier alpha value is -1.95. The normalized spacial score (nSPS) is 19.0. The Morgan fingerprint density at radius 1 is 1.23 bits per heavy atom. The number of nitrogens with one attached hydrogen (secondary N) is 1. The zero-order valence-electron chi connectivity index (χ0n) is 14.4. The Morgan fingerprint density at radius 3 is 2.85 bits per heavy atom. The molecule has 2 aliphatic rings. The summed E-state index contributed by atoms with van der Waals surface area (Å²) in [4.78, 5) is 14.5. The summed E-state index contributed by atoms with van der Waals surface area (Å²) in [6, 6.07) is 12.7. The average molecular weight is 377 g/mol. The van der Waals surface area contributed by atoms with E-state index < -0.39 is 0 Å². The van der Waals surface area contributed by atoms with Gasteiger partial charge in [-0.2, -0.15) is 0 Å². The molecule has 1 unspecified atom stereocenters. The van der Waals surface area contributed by atoms with Gasteiger partial charge in [0.05, 0.1) is 13.2 Å².